The molecular formula is C12H20N2OS. The molecule has 0 fully saturated rings. The largest absolute Gasteiger partial charge is 0.312 e. The molecule has 0 unspecified atom stereocenters. The monoisotopic (exact) mass is 240 g/mol. The van der Waals surface area contributed by atoms with Crippen LogP contribution >= 0.6 is 11.3 Å². The normalized spacial score (nSPS) is 11.8. The second-order valence-electron chi connectivity index (χ2n) is 5.02. The van der Waals surface area contributed by atoms with Crippen molar-refractivity contribution in [2.45, 2.75) is 46.1 Å². The summed E-state index contributed by atoms with van der Waals surface area (Å²) in [6.45, 7) is 8.99. The summed E-state index contributed by atoms with van der Waals surface area (Å²) in [5, 5.41) is 6.22. The molecule has 0 saturated heterocycles. The Morgan fingerprint density at radius 1 is 1.50 bits per heavy atom. The average molecular weight is 240 g/mol. The van der Waals surface area contributed by atoms with Crippen molar-refractivity contribution in [1.29, 1.82) is 0 Å². The van der Waals surface area contributed by atoms with Gasteiger partial charge in [-0.2, -0.15) is 0 Å². The highest BCUT2D eigenvalue weighted by Crippen LogP contribution is 2.10. The average Bonchev–Trinajstić information content (AvgIpc) is 2.48. The summed E-state index contributed by atoms with van der Waals surface area (Å²) in [5.41, 5.74) is 1.08. The van der Waals surface area contributed by atoms with Crippen LogP contribution in [-0.2, 0) is 11.2 Å². The Balaban J connectivity index is 2.26. The Morgan fingerprint density at radius 3 is 2.69 bits per heavy atom. The van der Waals surface area contributed by atoms with Crippen molar-refractivity contribution in [1.82, 2.24) is 10.3 Å². The predicted molar refractivity (Wildman–Crippen MR) is 67.9 cm³/mol. The van der Waals surface area contributed by atoms with Gasteiger partial charge in [-0.3, -0.25) is 4.79 Å². The minimum Gasteiger partial charge on any atom is -0.312 e. The van der Waals surface area contributed by atoms with Gasteiger partial charge < -0.3 is 5.32 Å². The lowest BCUT2D eigenvalue weighted by molar-refractivity contribution is -0.118. The second kappa shape index (κ2) is 5.55. The summed E-state index contributed by atoms with van der Waals surface area (Å²) in [5.74, 6) is 0.256. The van der Waals surface area contributed by atoms with Crippen LogP contribution in [0.1, 0.15) is 37.9 Å². The minimum atomic E-state index is 0.0814. The summed E-state index contributed by atoms with van der Waals surface area (Å²) in [7, 11) is 0. The van der Waals surface area contributed by atoms with Crippen molar-refractivity contribution in [2.24, 2.45) is 0 Å². The maximum Gasteiger partial charge on any atom is 0.140 e. The van der Waals surface area contributed by atoms with E-state index in [4.69, 9.17) is 0 Å². The molecule has 0 aliphatic rings. The van der Waals surface area contributed by atoms with Crippen molar-refractivity contribution in [3.8, 4) is 0 Å². The third-order valence-corrected chi connectivity index (χ3v) is 3.04. The molecule has 4 heteroatoms. The first kappa shape index (κ1) is 13.3. The zero-order valence-corrected chi connectivity index (χ0v) is 11.3. The Hall–Kier alpha value is -0.740. The first-order valence-corrected chi connectivity index (χ1v) is 6.42. The smallest absolute Gasteiger partial charge is 0.140 e. The lowest BCUT2D eigenvalue weighted by atomic mass is 10.1. The van der Waals surface area contributed by atoms with E-state index in [1.807, 2.05) is 12.3 Å². The first-order valence-electron chi connectivity index (χ1n) is 5.54. The molecule has 90 valence electrons. The molecule has 0 spiro atoms. The molecule has 0 amide bonds. The summed E-state index contributed by atoms with van der Waals surface area (Å²) < 4.78 is 0. The molecule has 0 aromatic carbocycles. The number of rotatable bonds is 5. The molecule has 0 radical (unpaired) electrons. The molecule has 0 aliphatic heterocycles. The number of aryl methyl sites for hydroxylation is 1. The molecule has 1 aromatic rings. The molecule has 1 aromatic heterocycles. The van der Waals surface area contributed by atoms with Gasteiger partial charge in [0.05, 0.1) is 6.42 Å². The SMILES string of the molecule is Cc1csc(CC(=O)CCNC(C)(C)C)n1. The van der Waals surface area contributed by atoms with Crippen LogP contribution in [0.2, 0.25) is 0 Å². The van der Waals surface area contributed by atoms with Crippen molar-refractivity contribution in [2.75, 3.05) is 6.54 Å². The van der Waals surface area contributed by atoms with E-state index < -0.39 is 0 Å². The number of nitrogens with zero attached hydrogens (tertiary/aromatic N) is 1. The number of nitrogens with one attached hydrogen (secondary N) is 1. The zero-order valence-electron chi connectivity index (χ0n) is 10.5. The van der Waals surface area contributed by atoms with E-state index in [9.17, 15) is 4.79 Å². The standard InChI is InChI=1S/C12H20N2OS/c1-9-8-16-11(14-9)7-10(15)5-6-13-12(2,3)4/h8,13H,5-7H2,1-4H3. The molecule has 0 bridgehead atoms. The fourth-order valence-electron chi connectivity index (χ4n) is 1.32. The Labute approximate surface area is 101 Å². The fraction of sp³-hybridized carbons (Fsp3) is 0.667. The van der Waals surface area contributed by atoms with Gasteiger partial charge in [-0.25, -0.2) is 4.98 Å². The van der Waals surface area contributed by atoms with Gasteiger partial charge in [-0.05, 0) is 27.7 Å². The van der Waals surface area contributed by atoms with Crippen LogP contribution < -0.4 is 5.32 Å². The van der Waals surface area contributed by atoms with Gasteiger partial charge in [-0.1, -0.05) is 0 Å². The number of aromatic nitrogens is 1. The van der Waals surface area contributed by atoms with Crippen LogP contribution in [0.5, 0.6) is 0 Å². The molecule has 1 heterocycles. The van der Waals surface area contributed by atoms with Gasteiger partial charge in [0.15, 0.2) is 0 Å². The molecule has 1 N–H and O–H groups in total. The number of hydrogen-bond donors (Lipinski definition) is 1. The Kier molecular flexibility index (Phi) is 4.62. The van der Waals surface area contributed by atoms with Crippen molar-refractivity contribution < 1.29 is 4.79 Å². The van der Waals surface area contributed by atoms with Gasteiger partial charge >= 0.3 is 0 Å². The van der Waals surface area contributed by atoms with Crippen LogP contribution in [-0.4, -0.2) is 22.9 Å². The van der Waals surface area contributed by atoms with E-state index in [0.717, 1.165) is 17.2 Å². The fourth-order valence-corrected chi connectivity index (χ4v) is 2.12. The summed E-state index contributed by atoms with van der Waals surface area (Å²) >= 11 is 1.56. The highest BCUT2D eigenvalue weighted by molar-refractivity contribution is 7.09. The molecule has 0 aliphatic carbocycles. The van der Waals surface area contributed by atoms with E-state index in [1.54, 1.807) is 11.3 Å². The third-order valence-electron chi connectivity index (χ3n) is 2.07. The van der Waals surface area contributed by atoms with E-state index in [0.29, 0.717) is 12.8 Å². The molecular weight excluding hydrogens is 220 g/mol. The number of carbonyl (C=O) groups is 1. The second-order valence-corrected chi connectivity index (χ2v) is 5.97. The number of Topliss-reactive ketones (excluding diaryl/α,β-unsaturated/α-hetero) is 1. The summed E-state index contributed by atoms with van der Waals surface area (Å²) in [6.07, 6.45) is 1.06. The van der Waals surface area contributed by atoms with Crippen molar-refractivity contribution in [3.05, 3.63) is 16.1 Å². The van der Waals surface area contributed by atoms with E-state index in [1.165, 1.54) is 0 Å². The number of ketones is 1. The zero-order chi connectivity index (χ0) is 12.2. The van der Waals surface area contributed by atoms with Crippen molar-refractivity contribution in [3.63, 3.8) is 0 Å². The molecule has 1 rings (SSSR count). The van der Waals surface area contributed by atoms with Crippen LogP contribution in [0.15, 0.2) is 5.38 Å². The quantitative estimate of drug-likeness (QED) is 0.859. The summed E-state index contributed by atoms with van der Waals surface area (Å²) in [4.78, 5) is 15.9. The lowest BCUT2D eigenvalue weighted by Gasteiger charge is -2.19. The molecule has 3 nitrogen and oxygen atoms in total. The van der Waals surface area contributed by atoms with Crippen LogP contribution in [0, 0.1) is 6.92 Å². The maximum absolute atomic E-state index is 11.6. The third kappa shape index (κ3) is 5.37. The highest BCUT2D eigenvalue weighted by Gasteiger charge is 2.11. The number of carbonyl (C=O) groups excluding carboxylic acids is 1. The highest BCUT2D eigenvalue weighted by atomic mass is 32.1. The van der Waals surface area contributed by atoms with Gasteiger partial charge in [0.25, 0.3) is 0 Å². The van der Waals surface area contributed by atoms with Crippen molar-refractivity contribution >= 4 is 17.1 Å². The number of thiazole rings is 1. The minimum absolute atomic E-state index is 0.0814. The first-order chi connectivity index (χ1) is 7.37. The van der Waals surface area contributed by atoms with Gasteiger partial charge in [0.2, 0.25) is 0 Å². The maximum atomic E-state index is 11.6. The lowest BCUT2D eigenvalue weighted by Crippen LogP contribution is -2.37. The topological polar surface area (TPSA) is 42.0 Å². The number of hydrogen-bond acceptors (Lipinski definition) is 4. The van der Waals surface area contributed by atoms with E-state index >= 15 is 0 Å². The molecule has 16 heavy (non-hydrogen) atoms. The van der Waals surface area contributed by atoms with Crippen LogP contribution in [0.25, 0.3) is 0 Å². The summed E-state index contributed by atoms with van der Waals surface area (Å²) in [6, 6.07) is 0. The Bertz CT molecular complexity index is 352. The molecule has 0 saturated carbocycles. The predicted octanol–water partition coefficient (Wildman–Crippen LogP) is 2.34. The van der Waals surface area contributed by atoms with Gasteiger partial charge in [-0.15, -0.1) is 11.3 Å². The van der Waals surface area contributed by atoms with Crippen LogP contribution in [0.4, 0.5) is 0 Å². The van der Waals surface area contributed by atoms with E-state index in [-0.39, 0.29) is 11.3 Å². The van der Waals surface area contributed by atoms with Crippen LogP contribution in [0.3, 0.4) is 0 Å². The van der Waals surface area contributed by atoms with E-state index in [2.05, 4.69) is 31.1 Å². The molecule has 0 atom stereocenters. The van der Waals surface area contributed by atoms with Gasteiger partial charge in [0.1, 0.15) is 10.8 Å². The van der Waals surface area contributed by atoms with Gasteiger partial charge in [0, 0.05) is 29.6 Å². The Morgan fingerprint density at radius 2 is 2.19 bits per heavy atom.